The van der Waals surface area contributed by atoms with E-state index in [1.165, 1.54) is 64.2 Å². The molecule has 0 heterocycles. The topological polar surface area (TPSA) is 80.4 Å². The number of rotatable bonds is 6. The van der Waals surface area contributed by atoms with Gasteiger partial charge in [-0.1, -0.05) is 127 Å². The average molecular weight is 925 g/mol. The van der Waals surface area contributed by atoms with Crippen LogP contribution in [0.25, 0.3) is 11.1 Å². The second kappa shape index (κ2) is 25.6. The van der Waals surface area contributed by atoms with Crippen LogP contribution in [0.3, 0.4) is 0 Å². The summed E-state index contributed by atoms with van der Waals surface area (Å²) in [5.74, 6) is 1.65. The Labute approximate surface area is 360 Å². The average Bonchev–Trinajstić information content (AvgIpc) is 3.82. The van der Waals surface area contributed by atoms with E-state index in [2.05, 4.69) is 73.8 Å². The van der Waals surface area contributed by atoms with Crippen molar-refractivity contribution in [1.82, 2.24) is 0 Å². The summed E-state index contributed by atoms with van der Waals surface area (Å²) in [6.45, 7) is 17.4. The Morgan fingerprint density at radius 3 is 1.61 bits per heavy atom. The molecule has 0 unspecified atom stereocenters. The minimum Gasteiger partial charge on any atom is -0.406 e. The summed E-state index contributed by atoms with van der Waals surface area (Å²) in [5, 5.41) is 0.782. The van der Waals surface area contributed by atoms with Crippen molar-refractivity contribution in [3.8, 4) is 11.1 Å². The van der Waals surface area contributed by atoms with Crippen molar-refractivity contribution >= 4 is 31.6 Å². The molecule has 304 valence electrons. The molecule has 2 aromatic rings. The van der Waals surface area contributed by atoms with E-state index in [1.807, 2.05) is 80.6 Å². The third kappa shape index (κ3) is 18.8. The van der Waals surface area contributed by atoms with Crippen molar-refractivity contribution in [2.24, 2.45) is 0 Å². The van der Waals surface area contributed by atoms with Gasteiger partial charge in [0.05, 0.1) is 6.26 Å². The van der Waals surface area contributed by atoms with Gasteiger partial charge in [-0.2, -0.15) is 8.42 Å². The van der Waals surface area contributed by atoms with Gasteiger partial charge in [0.15, 0.2) is 0 Å². The summed E-state index contributed by atoms with van der Waals surface area (Å²) < 4.78 is 25.9. The number of anilines is 1. The molecule has 1 atom stereocenters. The smallest absolute Gasteiger partial charge is 0.261 e. The predicted octanol–water partition coefficient (Wildman–Crippen LogP) is 12.6. The molecule has 6 rings (SSSR count). The van der Waals surface area contributed by atoms with Crippen molar-refractivity contribution in [3.05, 3.63) is 118 Å². The van der Waals surface area contributed by atoms with Gasteiger partial charge in [0.1, 0.15) is 0 Å². The van der Waals surface area contributed by atoms with Gasteiger partial charge in [0.2, 0.25) is 0 Å². The van der Waals surface area contributed by atoms with E-state index in [4.69, 9.17) is 10.3 Å². The molecular formula is C45H66FeNO3P2PdS-. The van der Waals surface area contributed by atoms with Crippen molar-refractivity contribution in [2.45, 2.75) is 140 Å². The van der Waals surface area contributed by atoms with Crippen LogP contribution in [0.5, 0.6) is 0 Å². The third-order valence-electron chi connectivity index (χ3n) is 9.83. The molecule has 10 radical (unpaired) electrons. The summed E-state index contributed by atoms with van der Waals surface area (Å²) in [5.41, 5.74) is 13.2. The molecule has 4 fully saturated rings. The molecule has 4 nitrogen and oxygen atoms in total. The molecule has 3 N–H and O–H groups in total. The van der Waals surface area contributed by atoms with Crippen LogP contribution in [0.4, 0.5) is 5.69 Å². The van der Waals surface area contributed by atoms with Crippen LogP contribution < -0.4 is 5.73 Å². The fraction of sp³-hybridized carbons (Fsp3) is 0.511. The zero-order valence-electron chi connectivity index (χ0n) is 33.9. The molecule has 4 saturated carbocycles. The number of benzene rings is 2. The molecule has 0 spiro atoms. The molecule has 9 heteroatoms. The summed E-state index contributed by atoms with van der Waals surface area (Å²) in [7, 11) is -3.74. The van der Waals surface area contributed by atoms with E-state index < -0.39 is 10.1 Å². The van der Waals surface area contributed by atoms with E-state index in [0.717, 1.165) is 28.1 Å². The first-order valence-corrected chi connectivity index (χ1v) is 24.0. The largest absolute Gasteiger partial charge is 0.406 e. The summed E-state index contributed by atoms with van der Waals surface area (Å²) in [6.07, 6.45) is 33.5. The molecule has 0 aliphatic heterocycles. The van der Waals surface area contributed by atoms with Crippen LogP contribution in [0.2, 0.25) is 0 Å². The van der Waals surface area contributed by atoms with E-state index in [9.17, 15) is 8.42 Å². The van der Waals surface area contributed by atoms with Gasteiger partial charge in [0, 0.05) is 43.2 Å². The quantitative estimate of drug-likeness (QED) is 0.0994. The Bertz CT molecular complexity index is 1340. The monoisotopic (exact) mass is 924 g/mol. The van der Waals surface area contributed by atoms with Gasteiger partial charge < -0.3 is 5.73 Å². The summed E-state index contributed by atoms with van der Waals surface area (Å²) >= 11 is 0. The van der Waals surface area contributed by atoms with Gasteiger partial charge in [-0.15, -0.1) is 35.9 Å². The number of nitrogens with two attached hydrogens (primary N) is 1. The zero-order valence-corrected chi connectivity index (χ0v) is 39.1. The van der Waals surface area contributed by atoms with Crippen LogP contribution >= 0.6 is 15.8 Å². The molecule has 4 aliphatic rings. The maximum absolute atomic E-state index is 9.19. The Balaban J connectivity index is 0.000000477. The Morgan fingerprint density at radius 2 is 1.20 bits per heavy atom. The van der Waals surface area contributed by atoms with Crippen LogP contribution in [0, 0.1) is 69.0 Å². The molecular weight excluding hydrogens is 859 g/mol. The van der Waals surface area contributed by atoms with E-state index in [-0.39, 0.29) is 53.3 Å². The number of hydrogen-bond donors (Lipinski definition) is 2. The van der Waals surface area contributed by atoms with Crippen molar-refractivity contribution in [1.29, 1.82) is 0 Å². The van der Waals surface area contributed by atoms with E-state index >= 15 is 0 Å². The third-order valence-corrected chi connectivity index (χ3v) is 17.3. The van der Waals surface area contributed by atoms with Crippen LogP contribution in [-0.4, -0.2) is 46.5 Å². The first kappa shape index (κ1) is 52.2. The standard InChI is InChI=1S/C27H47P2.C12H10N.C5H5.CH4O3S.Fe.Pd/c1-21(29(26(2,3)4)27(5,6)7)22-18-19-25(20-22)28(23-14-10-8-11-15-23)24-16-12-9-13-17-24;13-12-9-5-4-8-11(12)10-6-2-1-3-7-10;1-2-4-5-3-1;1-5(2,3)4;;/h18-21,23-24H,8-17H2,1-7H3;1-6,8-9H,13H2;1-5H;1H3,(H,2,3,4);;/q;-1;;;;/t21-;;;;;/m1...../s1. The van der Waals surface area contributed by atoms with Crippen LogP contribution in [0.15, 0.2) is 48.5 Å². The molecule has 0 bridgehead atoms. The fourth-order valence-corrected chi connectivity index (χ4v) is 16.9. The van der Waals surface area contributed by atoms with Gasteiger partial charge in [-0.3, -0.25) is 4.55 Å². The Hall–Kier alpha value is 0.192. The molecule has 4 aliphatic carbocycles. The maximum Gasteiger partial charge on any atom is 0.261 e. The van der Waals surface area contributed by atoms with Gasteiger partial charge in [-0.05, 0) is 122 Å². The first-order valence-electron chi connectivity index (χ1n) is 19.2. The van der Waals surface area contributed by atoms with E-state index in [1.54, 1.807) is 11.6 Å². The number of para-hydroxylation sites is 1. The van der Waals surface area contributed by atoms with Crippen molar-refractivity contribution in [2.75, 3.05) is 12.0 Å². The van der Waals surface area contributed by atoms with Gasteiger partial charge >= 0.3 is 0 Å². The Morgan fingerprint density at radius 1 is 0.759 bits per heavy atom. The van der Waals surface area contributed by atoms with Gasteiger partial charge in [-0.25, -0.2) is 0 Å². The van der Waals surface area contributed by atoms with Gasteiger partial charge in [0.25, 0.3) is 10.1 Å². The van der Waals surface area contributed by atoms with E-state index in [0.29, 0.717) is 22.2 Å². The molecule has 2 aromatic carbocycles. The molecule has 0 amide bonds. The summed E-state index contributed by atoms with van der Waals surface area (Å²) in [6, 6.07) is 18.8. The number of hydrogen-bond acceptors (Lipinski definition) is 3. The zero-order chi connectivity index (χ0) is 38.4. The first-order chi connectivity index (χ1) is 24.5. The fourth-order valence-electron chi connectivity index (χ4n) is 8.25. The predicted molar refractivity (Wildman–Crippen MR) is 230 cm³/mol. The molecule has 54 heavy (non-hydrogen) atoms. The minimum absolute atomic E-state index is 0. The van der Waals surface area contributed by atoms with Crippen LogP contribution in [0.1, 0.15) is 113 Å². The SMILES string of the molecule is CS(=O)(=O)O.C[C@H]([C]1[CH][CH][C](P(C2CCCCC2)C2CCCCC2)[CH]1)P(C(C)(C)C)C(C)(C)C.Nc1ccccc1-c1[c-]cccc1.[CH]1[CH][CH][CH][CH]1.[Fe].[Pd]. The van der Waals surface area contributed by atoms with Crippen LogP contribution in [-0.2, 0) is 47.6 Å². The molecule has 0 saturated heterocycles. The van der Waals surface area contributed by atoms with Crippen molar-refractivity contribution < 1.29 is 50.5 Å². The molecule has 0 aromatic heterocycles. The maximum atomic E-state index is 9.19. The van der Waals surface area contributed by atoms with Crippen molar-refractivity contribution in [3.63, 3.8) is 0 Å². The second-order valence-electron chi connectivity index (χ2n) is 16.3. The Kier molecular flexibility index (Phi) is 24.8. The summed E-state index contributed by atoms with van der Waals surface area (Å²) in [4.78, 5) is 0. The second-order valence-corrected chi connectivity index (χ2v) is 24.8. The normalized spacial score (nSPS) is 19.6. The minimum atomic E-state index is -3.67. The number of nitrogen functional groups attached to an aromatic ring is 1.